The Morgan fingerprint density at radius 3 is 1.32 bits per heavy atom. The summed E-state index contributed by atoms with van der Waals surface area (Å²) in [6.45, 7) is 0. The zero-order chi connectivity index (χ0) is 20.5. The molecule has 2 aromatic carbocycles. The Hall–Kier alpha value is -4.08. The third kappa shape index (κ3) is 5.21. The Balaban J connectivity index is 2.09. The van der Waals surface area contributed by atoms with Crippen molar-refractivity contribution in [1.82, 2.24) is 0 Å². The minimum Gasteiger partial charge on any atom is -0.437 e. The second-order valence-electron chi connectivity index (χ2n) is 4.85. The Labute approximate surface area is 158 Å². The molecule has 146 valence electrons. The van der Waals surface area contributed by atoms with Crippen molar-refractivity contribution in [2.45, 2.75) is 0 Å². The van der Waals surface area contributed by atoms with Crippen LogP contribution in [0.3, 0.4) is 0 Å². The standard InChI is InChI=1S/C18H14O10/c1-23-17(21)25-13-9-5-3-7-11(13)15(19)27-28-16(20)12-8-4-6-10-14(12)26-18(22)24-2/h3-10H,1-2H3. The van der Waals surface area contributed by atoms with Crippen LogP contribution < -0.4 is 9.47 Å². The maximum atomic E-state index is 12.1. The molecule has 0 aromatic heterocycles. The largest absolute Gasteiger partial charge is 0.513 e. The average Bonchev–Trinajstić information content (AvgIpc) is 2.72. The van der Waals surface area contributed by atoms with Gasteiger partial charge in [0, 0.05) is 0 Å². The molecule has 0 aliphatic carbocycles. The van der Waals surface area contributed by atoms with Crippen molar-refractivity contribution in [1.29, 1.82) is 0 Å². The van der Waals surface area contributed by atoms with Gasteiger partial charge in [-0.1, -0.05) is 24.3 Å². The van der Waals surface area contributed by atoms with Crippen LogP contribution in [0.5, 0.6) is 11.5 Å². The molecule has 10 heteroatoms. The van der Waals surface area contributed by atoms with Crippen LogP contribution in [-0.4, -0.2) is 38.5 Å². The van der Waals surface area contributed by atoms with Crippen LogP contribution >= 0.6 is 0 Å². The predicted octanol–water partition coefficient (Wildman–Crippen LogP) is 2.91. The smallest absolute Gasteiger partial charge is 0.437 e. The van der Waals surface area contributed by atoms with Crippen molar-refractivity contribution in [3.63, 3.8) is 0 Å². The number of carbonyl (C=O) groups is 4. The quantitative estimate of drug-likeness (QED) is 0.333. The van der Waals surface area contributed by atoms with Gasteiger partial charge in [-0.25, -0.2) is 29.0 Å². The first-order valence-corrected chi connectivity index (χ1v) is 7.59. The van der Waals surface area contributed by atoms with Gasteiger partial charge in [0.05, 0.1) is 14.2 Å². The molecule has 0 unspecified atom stereocenters. The van der Waals surface area contributed by atoms with Gasteiger partial charge in [-0.05, 0) is 24.3 Å². The highest BCUT2D eigenvalue weighted by molar-refractivity contribution is 5.96. The van der Waals surface area contributed by atoms with E-state index in [1.54, 1.807) is 0 Å². The number of rotatable bonds is 4. The minimum atomic E-state index is -1.11. The van der Waals surface area contributed by atoms with Crippen LogP contribution in [0.25, 0.3) is 0 Å². The lowest BCUT2D eigenvalue weighted by Gasteiger charge is -2.09. The van der Waals surface area contributed by atoms with Crippen LogP contribution in [0.15, 0.2) is 48.5 Å². The predicted molar refractivity (Wildman–Crippen MR) is 89.8 cm³/mol. The van der Waals surface area contributed by atoms with Gasteiger partial charge in [0.2, 0.25) is 0 Å². The lowest BCUT2D eigenvalue weighted by atomic mass is 10.2. The van der Waals surface area contributed by atoms with Gasteiger partial charge in [-0.2, -0.15) is 0 Å². The molecule has 0 spiro atoms. The summed E-state index contributed by atoms with van der Waals surface area (Å²) in [7, 11) is 2.19. The molecule has 2 aromatic rings. The van der Waals surface area contributed by atoms with Gasteiger partial charge < -0.3 is 18.9 Å². The number of carbonyl (C=O) groups excluding carboxylic acids is 4. The lowest BCUT2D eigenvalue weighted by Crippen LogP contribution is -2.16. The lowest BCUT2D eigenvalue weighted by molar-refractivity contribution is -0.187. The Morgan fingerprint density at radius 2 is 0.964 bits per heavy atom. The zero-order valence-electron chi connectivity index (χ0n) is 14.7. The normalized spacial score (nSPS) is 9.64. The SMILES string of the molecule is COC(=O)Oc1ccccc1C(=O)OOC(=O)c1ccccc1OC(=O)OC. The molecule has 28 heavy (non-hydrogen) atoms. The monoisotopic (exact) mass is 390 g/mol. The van der Waals surface area contributed by atoms with Crippen LogP contribution in [0.2, 0.25) is 0 Å². The fourth-order valence-corrected chi connectivity index (χ4v) is 1.88. The molecule has 0 saturated carbocycles. The number of hydrogen-bond donors (Lipinski definition) is 0. The molecule has 0 radical (unpaired) electrons. The highest BCUT2D eigenvalue weighted by Crippen LogP contribution is 2.22. The molecule has 0 aliphatic heterocycles. The third-order valence-corrected chi connectivity index (χ3v) is 3.13. The van der Waals surface area contributed by atoms with E-state index in [1.807, 2.05) is 0 Å². The molecule has 10 nitrogen and oxygen atoms in total. The summed E-state index contributed by atoms with van der Waals surface area (Å²) in [6.07, 6.45) is -2.10. The number of hydrogen-bond acceptors (Lipinski definition) is 10. The van der Waals surface area contributed by atoms with E-state index in [1.165, 1.54) is 48.5 Å². The van der Waals surface area contributed by atoms with Gasteiger partial charge in [-0.3, -0.25) is 0 Å². The number of para-hydroxylation sites is 2. The Kier molecular flexibility index (Phi) is 6.92. The molecule has 0 heterocycles. The van der Waals surface area contributed by atoms with E-state index in [0.29, 0.717) is 0 Å². The van der Waals surface area contributed by atoms with Crippen molar-refractivity contribution in [3.8, 4) is 11.5 Å². The minimum absolute atomic E-state index is 0.162. The van der Waals surface area contributed by atoms with E-state index in [9.17, 15) is 19.2 Å². The third-order valence-electron chi connectivity index (χ3n) is 3.13. The van der Waals surface area contributed by atoms with E-state index in [-0.39, 0.29) is 22.6 Å². The van der Waals surface area contributed by atoms with Crippen molar-refractivity contribution >= 4 is 24.2 Å². The van der Waals surface area contributed by atoms with Crippen molar-refractivity contribution < 1.29 is 47.9 Å². The number of benzene rings is 2. The first-order chi connectivity index (χ1) is 13.5. The van der Waals surface area contributed by atoms with Crippen LogP contribution in [0.1, 0.15) is 20.7 Å². The summed E-state index contributed by atoms with van der Waals surface area (Å²) in [5.74, 6) is -2.55. The molecule has 0 aliphatic rings. The maximum Gasteiger partial charge on any atom is 0.513 e. The summed E-state index contributed by atoms with van der Waals surface area (Å²) in [5, 5.41) is 0. The fourth-order valence-electron chi connectivity index (χ4n) is 1.88. The second-order valence-corrected chi connectivity index (χ2v) is 4.85. The van der Waals surface area contributed by atoms with Crippen molar-refractivity contribution in [2.24, 2.45) is 0 Å². The molecule has 0 amide bonds. The highest BCUT2D eigenvalue weighted by Gasteiger charge is 2.22. The van der Waals surface area contributed by atoms with Gasteiger partial charge in [0.1, 0.15) is 22.6 Å². The summed E-state index contributed by atoms with van der Waals surface area (Å²) in [5.41, 5.74) is -0.389. The van der Waals surface area contributed by atoms with Gasteiger partial charge >= 0.3 is 24.2 Å². The zero-order valence-corrected chi connectivity index (χ0v) is 14.7. The fraction of sp³-hybridized carbons (Fsp3) is 0.111. The first kappa shape index (κ1) is 20.2. The maximum absolute atomic E-state index is 12.1. The van der Waals surface area contributed by atoms with Gasteiger partial charge in [-0.15, -0.1) is 0 Å². The molecule has 0 saturated heterocycles. The molecule has 0 N–H and O–H groups in total. The van der Waals surface area contributed by atoms with Crippen LogP contribution in [0, 0.1) is 0 Å². The number of methoxy groups -OCH3 is 2. The topological polar surface area (TPSA) is 124 Å². The molecule has 0 fully saturated rings. The van der Waals surface area contributed by atoms with E-state index in [0.717, 1.165) is 14.2 Å². The Bertz CT molecular complexity index is 816. The van der Waals surface area contributed by atoms with Gasteiger partial charge in [0.25, 0.3) is 0 Å². The average molecular weight is 390 g/mol. The van der Waals surface area contributed by atoms with Crippen molar-refractivity contribution in [2.75, 3.05) is 14.2 Å². The van der Waals surface area contributed by atoms with Crippen LogP contribution in [0.4, 0.5) is 9.59 Å². The van der Waals surface area contributed by atoms with E-state index in [2.05, 4.69) is 19.2 Å². The second kappa shape index (κ2) is 9.57. The molecular formula is C18H14O10. The van der Waals surface area contributed by atoms with Crippen molar-refractivity contribution in [3.05, 3.63) is 59.7 Å². The summed E-state index contributed by atoms with van der Waals surface area (Å²) in [4.78, 5) is 55.7. The first-order valence-electron chi connectivity index (χ1n) is 7.59. The van der Waals surface area contributed by atoms with E-state index < -0.39 is 24.2 Å². The molecular weight excluding hydrogens is 376 g/mol. The highest BCUT2D eigenvalue weighted by atomic mass is 17.2. The molecule has 2 rings (SSSR count). The summed E-state index contributed by atoms with van der Waals surface area (Å²) >= 11 is 0. The Morgan fingerprint density at radius 1 is 0.607 bits per heavy atom. The molecule has 0 atom stereocenters. The van der Waals surface area contributed by atoms with Gasteiger partial charge in [0.15, 0.2) is 0 Å². The van der Waals surface area contributed by atoms with E-state index >= 15 is 0 Å². The molecule has 0 bridgehead atoms. The summed E-state index contributed by atoms with van der Waals surface area (Å²) < 4.78 is 18.3. The van der Waals surface area contributed by atoms with Crippen LogP contribution in [-0.2, 0) is 19.2 Å². The van der Waals surface area contributed by atoms with E-state index in [4.69, 9.17) is 9.47 Å². The summed E-state index contributed by atoms with van der Waals surface area (Å²) in [6, 6.07) is 11.1. The number of ether oxygens (including phenoxy) is 4.